The van der Waals surface area contributed by atoms with Crippen LogP contribution in [0.2, 0.25) is 0 Å². The van der Waals surface area contributed by atoms with E-state index in [1.807, 2.05) is 30.5 Å². The van der Waals surface area contributed by atoms with E-state index in [9.17, 15) is 4.79 Å². The van der Waals surface area contributed by atoms with Crippen molar-refractivity contribution in [3.63, 3.8) is 0 Å². The smallest absolute Gasteiger partial charge is 0.237 e. The molecule has 1 aliphatic heterocycles. The molecule has 1 aromatic carbocycles. The Morgan fingerprint density at radius 1 is 1.05 bits per heavy atom. The van der Waals surface area contributed by atoms with Crippen molar-refractivity contribution >= 4 is 17.8 Å². The predicted molar refractivity (Wildman–Crippen MR) is 82.4 cm³/mol. The van der Waals surface area contributed by atoms with Gasteiger partial charge in [-0.3, -0.25) is 9.79 Å². The van der Waals surface area contributed by atoms with Gasteiger partial charge in [-0.25, -0.2) is 0 Å². The molecule has 1 atom stereocenters. The maximum Gasteiger partial charge on any atom is 0.237 e. The van der Waals surface area contributed by atoms with Gasteiger partial charge in [0.15, 0.2) is 0 Å². The summed E-state index contributed by atoms with van der Waals surface area (Å²) in [5.41, 5.74) is 2.00. The first kappa shape index (κ1) is 13.3. The number of aliphatic imine (C=N–C) groups is 1. The molecule has 1 heterocycles. The van der Waals surface area contributed by atoms with Crippen molar-refractivity contribution in [2.45, 2.75) is 56.9 Å². The molecule has 1 aliphatic carbocycles. The molecule has 20 heavy (non-hydrogen) atoms. The number of carbonyl (C=O) groups is 1. The van der Waals surface area contributed by atoms with E-state index >= 15 is 0 Å². The Kier molecular flexibility index (Phi) is 4.14. The number of nitrogens with zero attached hydrogens (tertiary/aromatic N) is 1. The van der Waals surface area contributed by atoms with Crippen LogP contribution in [0.15, 0.2) is 29.3 Å². The van der Waals surface area contributed by atoms with Crippen molar-refractivity contribution < 1.29 is 4.79 Å². The molecule has 3 nitrogen and oxygen atoms in total. The fourth-order valence-electron chi connectivity index (χ4n) is 3.17. The number of rotatable bonds is 2. The maximum absolute atomic E-state index is 12.0. The molecule has 3 heteroatoms. The first-order valence-electron chi connectivity index (χ1n) is 7.78. The zero-order valence-electron chi connectivity index (χ0n) is 11.8. The second kappa shape index (κ2) is 6.21. The molecule has 2 aliphatic rings. The van der Waals surface area contributed by atoms with Crippen LogP contribution in [-0.2, 0) is 4.79 Å². The fourth-order valence-corrected chi connectivity index (χ4v) is 3.17. The van der Waals surface area contributed by atoms with E-state index in [-0.39, 0.29) is 11.8 Å². The van der Waals surface area contributed by atoms with E-state index in [2.05, 4.69) is 5.32 Å². The average Bonchev–Trinajstić information content (AvgIpc) is 2.73. The van der Waals surface area contributed by atoms with Gasteiger partial charge in [0.25, 0.3) is 0 Å². The third kappa shape index (κ3) is 2.92. The SMILES string of the molecule is O=C1Nc2ccccc2C1C=NC1CCCCCCC1. The summed E-state index contributed by atoms with van der Waals surface area (Å²) in [6.07, 6.45) is 10.8. The number of para-hydroxylation sites is 1. The molecule has 3 rings (SSSR count). The minimum atomic E-state index is -0.198. The van der Waals surface area contributed by atoms with Crippen LogP contribution in [0.25, 0.3) is 0 Å². The summed E-state index contributed by atoms with van der Waals surface area (Å²) >= 11 is 0. The van der Waals surface area contributed by atoms with E-state index in [4.69, 9.17) is 4.99 Å². The average molecular weight is 270 g/mol. The van der Waals surface area contributed by atoms with Crippen molar-refractivity contribution in [1.82, 2.24) is 0 Å². The lowest BCUT2D eigenvalue weighted by atomic mass is 9.96. The Bertz CT molecular complexity index is 501. The van der Waals surface area contributed by atoms with Gasteiger partial charge in [-0.1, -0.05) is 50.3 Å². The summed E-state index contributed by atoms with van der Waals surface area (Å²) in [5, 5.41) is 2.93. The Balaban J connectivity index is 1.70. The van der Waals surface area contributed by atoms with Gasteiger partial charge in [-0.2, -0.15) is 0 Å². The molecule has 1 N–H and O–H groups in total. The number of hydrogen-bond acceptors (Lipinski definition) is 2. The maximum atomic E-state index is 12.0. The van der Waals surface area contributed by atoms with Gasteiger partial charge in [0.1, 0.15) is 5.92 Å². The second-order valence-corrected chi connectivity index (χ2v) is 5.85. The van der Waals surface area contributed by atoms with Crippen molar-refractivity contribution in [3.8, 4) is 0 Å². The van der Waals surface area contributed by atoms with Crippen molar-refractivity contribution in [2.75, 3.05) is 5.32 Å². The highest BCUT2D eigenvalue weighted by Crippen LogP contribution is 2.31. The zero-order chi connectivity index (χ0) is 13.8. The monoisotopic (exact) mass is 270 g/mol. The Morgan fingerprint density at radius 2 is 1.75 bits per heavy atom. The van der Waals surface area contributed by atoms with Crippen LogP contribution >= 0.6 is 0 Å². The van der Waals surface area contributed by atoms with Gasteiger partial charge >= 0.3 is 0 Å². The molecule has 1 amide bonds. The minimum absolute atomic E-state index is 0.0563. The minimum Gasteiger partial charge on any atom is -0.325 e. The first-order chi connectivity index (χ1) is 9.84. The lowest BCUT2D eigenvalue weighted by molar-refractivity contribution is -0.115. The molecule has 1 saturated carbocycles. The van der Waals surface area contributed by atoms with E-state index in [0.29, 0.717) is 6.04 Å². The summed E-state index contributed by atoms with van der Waals surface area (Å²) in [6.45, 7) is 0. The standard InChI is InChI=1S/C17H22N2O/c20-17-15(14-10-6-7-11-16(14)19-17)12-18-13-8-4-2-1-3-5-9-13/h6-7,10-13,15H,1-5,8-9H2,(H,19,20). The van der Waals surface area contributed by atoms with Gasteiger partial charge in [0.2, 0.25) is 5.91 Å². The molecule has 1 unspecified atom stereocenters. The van der Waals surface area contributed by atoms with Gasteiger partial charge in [0.05, 0.1) is 0 Å². The van der Waals surface area contributed by atoms with Gasteiger partial charge in [-0.05, 0) is 24.5 Å². The van der Waals surface area contributed by atoms with E-state index < -0.39 is 0 Å². The van der Waals surface area contributed by atoms with Crippen molar-refractivity contribution in [2.24, 2.45) is 4.99 Å². The highest BCUT2D eigenvalue weighted by atomic mass is 16.2. The largest absolute Gasteiger partial charge is 0.325 e. The zero-order valence-corrected chi connectivity index (χ0v) is 11.8. The number of nitrogens with one attached hydrogen (secondary N) is 1. The summed E-state index contributed by atoms with van der Waals surface area (Å²) < 4.78 is 0. The third-order valence-corrected chi connectivity index (χ3v) is 4.36. The van der Waals surface area contributed by atoms with Crippen LogP contribution < -0.4 is 5.32 Å². The van der Waals surface area contributed by atoms with E-state index in [1.54, 1.807) is 0 Å². The number of benzene rings is 1. The summed E-state index contributed by atoms with van der Waals surface area (Å²) in [4.78, 5) is 16.8. The van der Waals surface area contributed by atoms with Crippen LogP contribution in [0.4, 0.5) is 5.69 Å². The summed E-state index contributed by atoms with van der Waals surface area (Å²) in [6, 6.07) is 8.32. The molecule has 0 saturated heterocycles. The Morgan fingerprint density at radius 3 is 2.55 bits per heavy atom. The number of carbonyl (C=O) groups excluding carboxylic acids is 1. The second-order valence-electron chi connectivity index (χ2n) is 5.85. The van der Waals surface area contributed by atoms with Gasteiger partial charge in [0, 0.05) is 17.9 Å². The molecule has 1 fully saturated rings. The number of amides is 1. The third-order valence-electron chi connectivity index (χ3n) is 4.36. The van der Waals surface area contributed by atoms with Crippen molar-refractivity contribution in [3.05, 3.63) is 29.8 Å². The lowest BCUT2D eigenvalue weighted by Gasteiger charge is -2.16. The topological polar surface area (TPSA) is 41.5 Å². The van der Waals surface area contributed by atoms with E-state index in [1.165, 1.54) is 44.9 Å². The van der Waals surface area contributed by atoms with Crippen LogP contribution in [-0.4, -0.2) is 18.2 Å². The van der Waals surface area contributed by atoms with Gasteiger partial charge < -0.3 is 5.32 Å². The lowest BCUT2D eigenvalue weighted by Crippen LogP contribution is -2.15. The molecular weight excluding hydrogens is 248 g/mol. The molecule has 106 valence electrons. The highest BCUT2D eigenvalue weighted by molar-refractivity contribution is 6.12. The van der Waals surface area contributed by atoms with E-state index in [0.717, 1.165) is 11.3 Å². The normalized spacial score (nSPS) is 24.2. The summed E-state index contributed by atoms with van der Waals surface area (Å²) in [7, 11) is 0. The highest BCUT2D eigenvalue weighted by Gasteiger charge is 2.28. The van der Waals surface area contributed by atoms with Crippen molar-refractivity contribution in [1.29, 1.82) is 0 Å². The molecule has 0 aromatic heterocycles. The fraction of sp³-hybridized carbons (Fsp3) is 0.529. The number of hydrogen-bond donors (Lipinski definition) is 1. The molecule has 0 radical (unpaired) electrons. The quantitative estimate of drug-likeness (QED) is 0.813. The van der Waals surface area contributed by atoms with Crippen LogP contribution in [0.1, 0.15) is 56.4 Å². The molecule has 1 aromatic rings. The predicted octanol–water partition coefficient (Wildman–Crippen LogP) is 3.91. The van der Waals surface area contributed by atoms with Crippen LogP contribution in [0.5, 0.6) is 0 Å². The van der Waals surface area contributed by atoms with Gasteiger partial charge in [-0.15, -0.1) is 0 Å². The molecule has 0 bridgehead atoms. The Hall–Kier alpha value is -1.64. The first-order valence-corrected chi connectivity index (χ1v) is 7.78. The Labute approximate surface area is 120 Å². The summed E-state index contributed by atoms with van der Waals surface area (Å²) in [5.74, 6) is -0.141. The molecular formula is C17H22N2O. The van der Waals surface area contributed by atoms with Crippen LogP contribution in [0.3, 0.4) is 0 Å². The van der Waals surface area contributed by atoms with Crippen LogP contribution in [0, 0.1) is 0 Å². The number of anilines is 1. The number of fused-ring (bicyclic) bond motifs is 1. The molecule has 0 spiro atoms.